The summed E-state index contributed by atoms with van der Waals surface area (Å²) in [6.45, 7) is 7.55. The molecule has 37 heavy (non-hydrogen) atoms. The Balaban J connectivity index is 4.16. The summed E-state index contributed by atoms with van der Waals surface area (Å²) in [6, 6.07) is 0. The van der Waals surface area contributed by atoms with E-state index in [4.69, 9.17) is 9.84 Å². The molecule has 3 atom stereocenters. The molecule has 0 aliphatic heterocycles. The molecule has 6 heteroatoms. The van der Waals surface area contributed by atoms with Crippen LogP contribution in [0.15, 0.2) is 0 Å². The van der Waals surface area contributed by atoms with Gasteiger partial charge in [-0.3, -0.25) is 0 Å². The monoisotopic (exact) mass is 531 g/mol. The van der Waals surface area contributed by atoms with Gasteiger partial charge in [0.2, 0.25) is 0 Å². The van der Waals surface area contributed by atoms with Crippen molar-refractivity contribution in [1.29, 1.82) is 0 Å². The third kappa shape index (κ3) is 24.5. The van der Waals surface area contributed by atoms with Crippen molar-refractivity contribution in [2.24, 2.45) is 5.92 Å². The van der Waals surface area contributed by atoms with E-state index in [2.05, 4.69) is 18.7 Å². The standard InChI is InChI=1S/C31H65NO5/c1-3-5-7-9-10-16-22-29(21-15-8-6-4-2)31(36)37-26-20-14-12-18-24-32(27-30(35)28-34)23-17-11-13-19-25-33/h29-31,33-36H,3-28H2,1-2H3. The van der Waals surface area contributed by atoms with Crippen LogP contribution in [0.4, 0.5) is 0 Å². The largest absolute Gasteiger partial charge is 0.396 e. The molecular weight excluding hydrogens is 466 g/mol. The van der Waals surface area contributed by atoms with Crippen molar-refractivity contribution >= 4 is 0 Å². The van der Waals surface area contributed by atoms with E-state index in [1.165, 1.54) is 64.2 Å². The van der Waals surface area contributed by atoms with Crippen LogP contribution in [0.1, 0.15) is 142 Å². The van der Waals surface area contributed by atoms with Crippen molar-refractivity contribution in [3.63, 3.8) is 0 Å². The van der Waals surface area contributed by atoms with Gasteiger partial charge in [-0.1, -0.05) is 104 Å². The van der Waals surface area contributed by atoms with Gasteiger partial charge in [-0.2, -0.15) is 0 Å². The maximum absolute atomic E-state index is 10.7. The van der Waals surface area contributed by atoms with Crippen LogP contribution in [0.25, 0.3) is 0 Å². The van der Waals surface area contributed by atoms with Gasteiger partial charge in [0.05, 0.1) is 12.7 Å². The van der Waals surface area contributed by atoms with Crippen molar-refractivity contribution in [2.45, 2.75) is 155 Å². The maximum atomic E-state index is 10.7. The molecule has 0 bridgehead atoms. The van der Waals surface area contributed by atoms with E-state index in [1.54, 1.807) is 0 Å². The molecule has 0 aliphatic carbocycles. The molecule has 0 saturated carbocycles. The van der Waals surface area contributed by atoms with Gasteiger partial charge in [0, 0.05) is 25.7 Å². The number of rotatable bonds is 30. The predicted molar refractivity (Wildman–Crippen MR) is 156 cm³/mol. The number of ether oxygens (including phenoxy) is 1. The summed E-state index contributed by atoms with van der Waals surface area (Å²) in [4.78, 5) is 2.26. The molecule has 0 aromatic heterocycles. The molecule has 6 nitrogen and oxygen atoms in total. The summed E-state index contributed by atoms with van der Waals surface area (Å²) in [5.74, 6) is 0.270. The van der Waals surface area contributed by atoms with Crippen LogP contribution < -0.4 is 0 Å². The summed E-state index contributed by atoms with van der Waals surface area (Å²) < 4.78 is 5.90. The molecule has 0 saturated heterocycles. The van der Waals surface area contributed by atoms with Crippen molar-refractivity contribution < 1.29 is 25.2 Å². The molecule has 0 heterocycles. The molecule has 0 rings (SSSR count). The van der Waals surface area contributed by atoms with Crippen LogP contribution in [-0.2, 0) is 4.74 Å². The quantitative estimate of drug-likeness (QED) is 0.0631. The lowest BCUT2D eigenvalue weighted by atomic mass is 9.93. The van der Waals surface area contributed by atoms with Gasteiger partial charge < -0.3 is 30.1 Å². The zero-order valence-electron chi connectivity index (χ0n) is 24.8. The smallest absolute Gasteiger partial charge is 0.157 e. The number of aliphatic hydroxyl groups is 4. The molecule has 224 valence electrons. The van der Waals surface area contributed by atoms with Crippen LogP contribution in [0.2, 0.25) is 0 Å². The normalized spacial score (nSPS) is 14.4. The Hall–Kier alpha value is -0.240. The Morgan fingerprint density at radius 3 is 1.65 bits per heavy atom. The molecule has 0 amide bonds. The van der Waals surface area contributed by atoms with Crippen molar-refractivity contribution in [1.82, 2.24) is 4.90 Å². The van der Waals surface area contributed by atoms with Gasteiger partial charge in [-0.15, -0.1) is 0 Å². The summed E-state index contributed by atoms with van der Waals surface area (Å²) >= 11 is 0. The fourth-order valence-corrected chi connectivity index (χ4v) is 5.03. The van der Waals surface area contributed by atoms with E-state index < -0.39 is 12.4 Å². The van der Waals surface area contributed by atoms with Crippen molar-refractivity contribution in [3.8, 4) is 0 Å². The number of nitrogens with zero attached hydrogens (tertiary/aromatic N) is 1. The Morgan fingerprint density at radius 2 is 1.08 bits per heavy atom. The third-order valence-corrected chi connectivity index (χ3v) is 7.48. The van der Waals surface area contributed by atoms with Crippen LogP contribution >= 0.6 is 0 Å². The highest BCUT2D eigenvalue weighted by atomic mass is 16.6. The second kappa shape index (κ2) is 28.8. The Kier molecular flexibility index (Phi) is 28.6. The molecule has 0 aromatic carbocycles. The van der Waals surface area contributed by atoms with Crippen molar-refractivity contribution in [2.75, 3.05) is 39.5 Å². The number of unbranched alkanes of at least 4 members (excludes halogenated alkanes) is 14. The molecule has 0 aromatic rings. The Morgan fingerprint density at radius 1 is 0.595 bits per heavy atom. The highest BCUT2D eigenvalue weighted by Crippen LogP contribution is 2.23. The van der Waals surface area contributed by atoms with E-state index in [0.29, 0.717) is 13.2 Å². The average Bonchev–Trinajstić information content (AvgIpc) is 2.90. The lowest BCUT2D eigenvalue weighted by molar-refractivity contribution is -0.138. The molecule has 0 radical (unpaired) electrons. The maximum Gasteiger partial charge on any atom is 0.157 e. The fourth-order valence-electron chi connectivity index (χ4n) is 5.03. The molecule has 0 aliphatic rings. The first-order chi connectivity index (χ1) is 18.1. The molecule has 0 spiro atoms. The average molecular weight is 532 g/mol. The molecule has 0 fully saturated rings. The first-order valence-electron chi connectivity index (χ1n) is 16.0. The van der Waals surface area contributed by atoms with Gasteiger partial charge in [-0.05, 0) is 51.6 Å². The zero-order valence-corrected chi connectivity index (χ0v) is 24.8. The lowest BCUT2D eigenvalue weighted by Crippen LogP contribution is -2.35. The van der Waals surface area contributed by atoms with E-state index >= 15 is 0 Å². The predicted octanol–water partition coefficient (Wildman–Crippen LogP) is 6.43. The van der Waals surface area contributed by atoms with E-state index in [0.717, 1.165) is 77.3 Å². The zero-order chi connectivity index (χ0) is 27.4. The Bertz CT molecular complexity index is 440. The van der Waals surface area contributed by atoms with Crippen molar-refractivity contribution in [3.05, 3.63) is 0 Å². The second-order valence-corrected chi connectivity index (χ2v) is 11.1. The summed E-state index contributed by atoms with van der Waals surface area (Å²) in [5, 5.41) is 38.7. The first kappa shape index (κ1) is 36.8. The minimum atomic E-state index is -0.682. The SMILES string of the molecule is CCCCCCCCC(CCCCCC)C(O)OCCCCCCN(CCCCCCO)CC(O)CO. The van der Waals surface area contributed by atoms with E-state index in [1.807, 2.05) is 0 Å². The topological polar surface area (TPSA) is 93.4 Å². The number of hydrogen-bond acceptors (Lipinski definition) is 6. The molecule has 3 unspecified atom stereocenters. The minimum absolute atomic E-state index is 0.195. The second-order valence-electron chi connectivity index (χ2n) is 11.1. The number of aliphatic hydroxyl groups excluding tert-OH is 4. The van der Waals surface area contributed by atoms with Gasteiger partial charge >= 0.3 is 0 Å². The highest BCUT2D eigenvalue weighted by molar-refractivity contribution is 4.66. The highest BCUT2D eigenvalue weighted by Gasteiger charge is 2.19. The minimum Gasteiger partial charge on any atom is -0.396 e. The van der Waals surface area contributed by atoms with E-state index in [9.17, 15) is 15.3 Å². The van der Waals surface area contributed by atoms with E-state index in [-0.39, 0.29) is 19.1 Å². The first-order valence-corrected chi connectivity index (χ1v) is 16.0. The fraction of sp³-hybridized carbons (Fsp3) is 1.00. The van der Waals surface area contributed by atoms with Gasteiger partial charge in [0.25, 0.3) is 0 Å². The molecule has 4 N–H and O–H groups in total. The van der Waals surface area contributed by atoms with Gasteiger partial charge in [0.15, 0.2) is 6.29 Å². The van der Waals surface area contributed by atoms with Gasteiger partial charge in [0.1, 0.15) is 0 Å². The lowest BCUT2D eigenvalue weighted by Gasteiger charge is -2.24. The van der Waals surface area contributed by atoms with Gasteiger partial charge in [-0.25, -0.2) is 0 Å². The summed E-state index contributed by atoms with van der Waals surface area (Å²) in [7, 11) is 0. The summed E-state index contributed by atoms with van der Waals surface area (Å²) in [5.41, 5.74) is 0. The van der Waals surface area contributed by atoms with Crippen LogP contribution in [-0.4, -0.2) is 77.2 Å². The molecular formula is C31H65NO5. The van der Waals surface area contributed by atoms with Crippen LogP contribution in [0.3, 0.4) is 0 Å². The van der Waals surface area contributed by atoms with Crippen LogP contribution in [0.5, 0.6) is 0 Å². The van der Waals surface area contributed by atoms with Crippen LogP contribution in [0, 0.1) is 5.92 Å². The third-order valence-electron chi connectivity index (χ3n) is 7.48. The summed E-state index contributed by atoms with van der Waals surface area (Å²) in [6.07, 6.45) is 21.8. The Labute approximate surface area is 230 Å². The number of hydrogen-bond donors (Lipinski definition) is 4.